The number of rotatable bonds is 6. The molecule has 2 aromatic carbocycles. The van der Waals surface area contributed by atoms with Crippen molar-refractivity contribution in [3.8, 4) is 11.5 Å². The smallest absolute Gasteiger partial charge is 0.307 e. The van der Waals surface area contributed by atoms with Crippen molar-refractivity contribution in [1.29, 1.82) is 0 Å². The lowest BCUT2D eigenvalue weighted by Gasteiger charge is -2.36. The highest BCUT2D eigenvalue weighted by atomic mass is 32.2. The van der Waals surface area contributed by atoms with Gasteiger partial charge < -0.3 is 14.2 Å². The highest BCUT2D eigenvalue weighted by molar-refractivity contribution is 7.89. The lowest BCUT2D eigenvalue weighted by atomic mass is 9.91. The number of nitrogens with zero attached hydrogens (tertiary/aromatic N) is 1. The molecular weight excluding hydrogens is 420 g/mol. The summed E-state index contributed by atoms with van der Waals surface area (Å²) in [5.74, 6) is -2.19. The van der Waals surface area contributed by atoms with Crippen LogP contribution in [0.2, 0.25) is 0 Å². The van der Waals surface area contributed by atoms with Crippen molar-refractivity contribution in [2.75, 3.05) is 27.9 Å². The van der Waals surface area contributed by atoms with Crippen LogP contribution in [0.4, 0.5) is 8.78 Å². The van der Waals surface area contributed by atoms with Crippen molar-refractivity contribution in [3.63, 3.8) is 0 Å². The standard InChI is InChI=1S/C20H21F2NO6S/c1-27-18-8-12-6-7-23(30(25,26)13-4-5-15(21)16(22)9-13)17(11-20(24)29-3)14(12)10-19(18)28-2/h4-5,8-10,17H,6-7,11H2,1-3H3. The molecule has 10 heteroatoms. The van der Waals surface area contributed by atoms with E-state index in [1.165, 1.54) is 21.3 Å². The molecule has 0 N–H and O–H groups in total. The minimum absolute atomic E-state index is 0.0332. The Morgan fingerprint density at radius 3 is 2.33 bits per heavy atom. The van der Waals surface area contributed by atoms with Gasteiger partial charge >= 0.3 is 5.97 Å². The molecule has 1 unspecified atom stereocenters. The van der Waals surface area contributed by atoms with Gasteiger partial charge in [-0.2, -0.15) is 4.31 Å². The molecule has 1 aliphatic heterocycles. The monoisotopic (exact) mass is 441 g/mol. The Morgan fingerprint density at radius 2 is 1.73 bits per heavy atom. The highest BCUT2D eigenvalue weighted by Crippen LogP contribution is 2.41. The number of carbonyl (C=O) groups is 1. The molecule has 0 saturated carbocycles. The van der Waals surface area contributed by atoms with Crippen LogP contribution in [0.1, 0.15) is 23.6 Å². The van der Waals surface area contributed by atoms with Crippen LogP contribution in [0.5, 0.6) is 11.5 Å². The minimum atomic E-state index is -4.24. The minimum Gasteiger partial charge on any atom is -0.493 e. The van der Waals surface area contributed by atoms with Gasteiger partial charge in [0.05, 0.1) is 38.7 Å². The van der Waals surface area contributed by atoms with Crippen LogP contribution in [0.25, 0.3) is 0 Å². The van der Waals surface area contributed by atoms with Gasteiger partial charge in [-0.25, -0.2) is 17.2 Å². The van der Waals surface area contributed by atoms with Gasteiger partial charge in [-0.15, -0.1) is 0 Å². The second-order valence-corrected chi connectivity index (χ2v) is 8.53. The fourth-order valence-electron chi connectivity index (χ4n) is 3.52. The number of halogens is 2. The van der Waals surface area contributed by atoms with Crippen LogP contribution in [-0.4, -0.2) is 46.6 Å². The molecular formula is C20H21F2NO6S. The van der Waals surface area contributed by atoms with Crippen LogP contribution in [0.15, 0.2) is 35.2 Å². The maximum absolute atomic E-state index is 13.7. The first kappa shape index (κ1) is 22.0. The van der Waals surface area contributed by atoms with E-state index in [1.54, 1.807) is 12.1 Å². The Labute approximate surface area is 173 Å². The predicted octanol–water partition coefficient (Wildman–Crippen LogP) is 2.83. The Morgan fingerprint density at radius 1 is 1.07 bits per heavy atom. The number of carbonyl (C=O) groups excluding carboxylic acids is 1. The fourth-order valence-corrected chi connectivity index (χ4v) is 5.14. The fraction of sp³-hybridized carbons (Fsp3) is 0.350. The van der Waals surface area contributed by atoms with Gasteiger partial charge in [0.25, 0.3) is 0 Å². The normalized spacial score (nSPS) is 16.6. The zero-order chi connectivity index (χ0) is 22.1. The number of benzene rings is 2. The second-order valence-electron chi connectivity index (χ2n) is 6.64. The Kier molecular flexibility index (Phi) is 6.27. The lowest BCUT2D eigenvalue weighted by molar-refractivity contribution is -0.141. The van der Waals surface area contributed by atoms with Crippen molar-refractivity contribution in [2.45, 2.75) is 23.8 Å². The van der Waals surface area contributed by atoms with Crippen LogP contribution in [-0.2, 0) is 26.0 Å². The van der Waals surface area contributed by atoms with Crippen molar-refractivity contribution >= 4 is 16.0 Å². The van der Waals surface area contributed by atoms with Gasteiger partial charge in [0.2, 0.25) is 10.0 Å². The van der Waals surface area contributed by atoms with Gasteiger partial charge in [0.15, 0.2) is 23.1 Å². The summed E-state index contributed by atoms with van der Waals surface area (Å²) in [4.78, 5) is 11.7. The van der Waals surface area contributed by atoms with Crippen LogP contribution < -0.4 is 9.47 Å². The third kappa shape index (κ3) is 3.97. The highest BCUT2D eigenvalue weighted by Gasteiger charge is 2.39. The van der Waals surface area contributed by atoms with Crippen molar-refractivity contribution in [2.24, 2.45) is 0 Å². The third-order valence-electron chi connectivity index (χ3n) is 5.04. The Hall–Kier alpha value is -2.72. The first-order chi connectivity index (χ1) is 14.2. The largest absolute Gasteiger partial charge is 0.493 e. The predicted molar refractivity (Wildman–Crippen MR) is 103 cm³/mol. The van der Waals surface area contributed by atoms with E-state index in [-0.39, 0.29) is 13.0 Å². The number of sulfonamides is 1. The van der Waals surface area contributed by atoms with E-state index in [0.29, 0.717) is 29.5 Å². The van der Waals surface area contributed by atoms with E-state index in [9.17, 15) is 22.0 Å². The lowest BCUT2D eigenvalue weighted by Crippen LogP contribution is -2.41. The SMILES string of the molecule is COC(=O)CC1c2cc(OC)c(OC)cc2CCN1S(=O)(=O)c1ccc(F)c(F)c1. The molecule has 1 heterocycles. The average Bonchev–Trinajstić information content (AvgIpc) is 2.74. The quantitative estimate of drug-likeness (QED) is 0.642. The Bertz CT molecular complexity index is 1070. The van der Waals surface area contributed by atoms with E-state index in [0.717, 1.165) is 22.0 Å². The van der Waals surface area contributed by atoms with Crippen molar-refractivity contribution in [1.82, 2.24) is 4.31 Å². The number of fused-ring (bicyclic) bond motifs is 1. The summed E-state index contributed by atoms with van der Waals surface area (Å²) in [6, 6.07) is 4.81. The zero-order valence-electron chi connectivity index (χ0n) is 16.6. The molecule has 1 aliphatic rings. The van der Waals surface area contributed by atoms with Gasteiger partial charge in [-0.1, -0.05) is 0 Å². The van der Waals surface area contributed by atoms with E-state index < -0.39 is 38.6 Å². The molecule has 0 aromatic heterocycles. The summed E-state index contributed by atoms with van der Waals surface area (Å²) in [5, 5.41) is 0. The molecule has 2 aromatic rings. The van der Waals surface area contributed by atoms with E-state index in [1.807, 2.05) is 0 Å². The molecule has 30 heavy (non-hydrogen) atoms. The molecule has 1 atom stereocenters. The molecule has 0 spiro atoms. The molecule has 0 bridgehead atoms. The molecule has 7 nitrogen and oxygen atoms in total. The number of hydrogen-bond acceptors (Lipinski definition) is 6. The number of methoxy groups -OCH3 is 3. The maximum atomic E-state index is 13.7. The van der Waals surface area contributed by atoms with Gasteiger partial charge in [-0.3, -0.25) is 4.79 Å². The third-order valence-corrected chi connectivity index (χ3v) is 6.94. The van der Waals surface area contributed by atoms with Gasteiger partial charge in [0.1, 0.15) is 0 Å². The first-order valence-corrected chi connectivity index (χ1v) is 10.5. The molecule has 3 rings (SSSR count). The van der Waals surface area contributed by atoms with Crippen LogP contribution in [0, 0.1) is 11.6 Å². The topological polar surface area (TPSA) is 82.1 Å². The summed E-state index contributed by atoms with van der Waals surface area (Å²) < 4.78 is 70.0. The first-order valence-electron chi connectivity index (χ1n) is 9.01. The number of ether oxygens (including phenoxy) is 3. The summed E-state index contributed by atoms with van der Waals surface area (Å²) in [5.41, 5.74) is 1.34. The molecule has 0 saturated heterocycles. The van der Waals surface area contributed by atoms with Gasteiger partial charge in [0, 0.05) is 6.54 Å². The van der Waals surface area contributed by atoms with Gasteiger partial charge in [-0.05, 0) is 47.9 Å². The molecule has 0 amide bonds. The van der Waals surface area contributed by atoms with E-state index in [4.69, 9.17) is 14.2 Å². The molecule has 0 aliphatic carbocycles. The molecule has 162 valence electrons. The number of esters is 1. The Balaban J connectivity index is 2.12. The second kappa shape index (κ2) is 8.57. The van der Waals surface area contributed by atoms with E-state index >= 15 is 0 Å². The zero-order valence-corrected chi connectivity index (χ0v) is 17.5. The summed E-state index contributed by atoms with van der Waals surface area (Å²) in [6.07, 6.45) is 0.0676. The maximum Gasteiger partial charge on any atom is 0.307 e. The van der Waals surface area contributed by atoms with Crippen LogP contribution >= 0.6 is 0 Å². The summed E-state index contributed by atoms with van der Waals surface area (Å²) in [7, 11) is -0.105. The van der Waals surface area contributed by atoms with Crippen molar-refractivity contribution in [3.05, 3.63) is 53.1 Å². The molecule has 0 fully saturated rings. The van der Waals surface area contributed by atoms with E-state index in [2.05, 4.69) is 0 Å². The summed E-state index contributed by atoms with van der Waals surface area (Å²) in [6.45, 7) is 0.0332. The summed E-state index contributed by atoms with van der Waals surface area (Å²) >= 11 is 0. The van der Waals surface area contributed by atoms with Crippen LogP contribution in [0.3, 0.4) is 0 Å². The average molecular weight is 441 g/mol. The number of hydrogen-bond donors (Lipinski definition) is 0. The van der Waals surface area contributed by atoms with Crippen molar-refractivity contribution < 1.29 is 36.2 Å². The molecule has 0 radical (unpaired) electrons.